The Morgan fingerprint density at radius 1 is 1.21 bits per heavy atom. The van der Waals surface area contributed by atoms with Crippen LogP contribution in [-0.4, -0.2) is 56.1 Å². The Morgan fingerprint density at radius 2 is 1.88 bits per heavy atom. The lowest BCUT2D eigenvalue weighted by atomic mass is 9.97. The molecule has 0 fully saturated rings. The molecule has 1 N–H and O–H groups in total. The number of ether oxygens (including phenoxy) is 2. The number of nitrogens with zero attached hydrogens (tertiary/aromatic N) is 1. The minimum Gasteiger partial charge on any atom is -0.497 e. The number of ketones is 1. The van der Waals surface area contributed by atoms with E-state index in [0.717, 1.165) is 6.42 Å². The minimum atomic E-state index is -0.650. The molecule has 0 spiro atoms. The maximum Gasteiger partial charge on any atom is 0.257 e. The van der Waals surface area contributed by atoms with E-state index in [1.54, 1.807) is 26.2 Å². The summed E-state index contributed by atoms with van der Waals surface area (Å²) in [4.78, 5) is 26.2. The molecule has 1 aromatic carbocycles. The Morgan fingerprint density at radius 3 is 2.38 bits per heavy atom. The Balaban J connectivity index is 3.18. The van der Waals surface area contributed by atoms with E-state index < -0.39 is 6.10 Å². The Kier molecular flexibility index (Phi) is 7.71. The molecule has 0 saturated carbocycles. The van der Waals surface area contributed by atoms with Crippen LogP contribution < -0.4 is 9.47 Å². The summed E-state index contributed by atoms with van der Waals surface area (Å²) in [7, 11) is 6.27. The molecule has 1 aromatic rings. The van der Waals surface area contributed by atoms with Crippen LogP contribution in [0.3, 0.4) is 0 Å². The number of benzene rings is 1. The second-order valence-corrected chi connectivity index (χ2v) is 5.93. The fraction of sp³-hybridized carbons (Fsp3) is 0.556. The Bertz CT molecular complexity index is 583. The lowest BCUT2D eigenvalue weighted by molar-refractivity contribution is -0.120. The number of carbonyl (C=O) groups excluding carboxylic acids is 2. The summed E-state index contributed by atoms with van der Waals surface area (Å²) >= 11 is 0. The number of hydrogen-bond donors (Lipinski definition) is 1. The van der Waals surface area contributed by atoms with Gasteiger partial charge in [-0.15, -0.1) is 0 Å². The number of rotatable bonds is 9. The van der Waals surface area contributed by atoms with Gasteiger partial charge >= 0.3 is 0 Å². The van der Waals surface area contributed by atoms with Gasteiger partial charge in [0.2, 0.25) is 0 Å². The smallest absolute Gasteiger partial charge is 0.257 e. The molecule has 6 nitrogen and oxygen atoms in total. The molecular weight excluding hydrogens is 310 g/mol. The topological polar surface area (TPSA) is 76.1 Å². The maximum absolute atomic E-state index is 12.5. The first-order chi connectivity index (χ1) is 11.3. The molecule has 0 aromatic heterocycles. The normalized spacial score (nSPS) is 11.8. The van der Waals surface area contributed by atoms with Gasteiger partial charge in [-0.05, 0) is 18.1 Å². The molecule has 6 heteroatoms. The molecule has 0 heterocycles. The van der Waals surface area contributed by atoms with Crippen LogP contribution in [0.25, 0.3) is 0 Å². The van der Waals surface area contributed by atoms with E-state index in [0.29, 0.717) is 29.0 Å². The summed E-state index contributed by atoms with van der Waals surface area (Å²) < 4.78 is 10.5. The van der Waals surface area contributed by atoms with Crippen molar-refractivity contribution in [3.8, 4) is 11.5 Å². The van der Waals surface area contributed by atoms with Crippen molar-refractivity contribution in [2.75, 3.05) is 28.3 Å². The van der Waals surface area contributed by atoms with Gasteiger partial charge in [0, 0.05) is 33.0 Å². The number of aliphatic hydroxyl groups is 1. The maximum atomic E-state index is 12.5. The molecule has 1 rings (SSSR count). The first-order valence-electron chi connectivity index (χ1n) is 8.00. The van der Waals surface area contributed by atoms with Crippen molar-refractivity contribution < 1.29 is 24.2 Å². The van der Waals surface area contributed by atoms with Crippen molar-refractivity contribution in [3.05, 3.63) is 23.3 Å². The van der Waals surface area contributed by atoms with E-state index in [-0.39, 0.29) is 24.5 Å². The summed E-state index contributed by atoms with van der Waals surface area (Å²) in [5, 5.41) is 9.82. The third kappa shape index (κ3) is 5.23. The summed E-state index contributed by atoms with van der Waals surface area (Å²) in [6, 6.07) is 3.29. The fourth-order valence-electron chi connectivity index (χ4n) is 2.51. The third-order valence-electron chi connectivity index (χ3n) is 3.71. The van der Waals surface area contributed by atoms with Crippen LogP contribution in [0.1, 0.15) is 42.1 Å². The van der Waals surface area contributed by atoms with E-state index >= 15 is 0 Å². The highest BCUT2D eigenvalue weighted by atomic mass is 16.5. The van der Waals surface area contributed by atoms with Crippen LogP contribution >= 0.6 is 0 Å². The fourth-order valence-corrected chi connectivity index (χ4v) is 2.51. The van der Waals surface area contributed by atoms with Gasteiger partial charge in [-0.1, -0.05) is 13.3 Å². The molecule has 0 unspecified atom stereocenters. The Hall–Kier alpha value is -2.08. The Labute approximate surface area is 143 Å². The largest absolute Gasteiger partial charge is 0.497 e. The molecule has 24 heavy (non-hydrogen) atoms. The summed E-state index contributed by atoms with van der Waals surface area (Å²) in [6.45, 7) is 1.95. The van der Waals surface area contributed by atoms with Crippen molar-refractivity contribution in [2.24, 2.45) is 0 Å². The molecule has 0 radical (unpaired) electrons. The van der Waals surface area contributed by atoms with Gasteiger partial charge in [0.15, 0.2) is 0 Å². The van der Waals surface area contributed by atoms with Crippen LogP contribution in [0.4, 0.5) is 0 Å². The van der Waals surface area contributed by atoms with Gasteiger partial charge in [0.05, 0.1) is 25.9 Å². The number of hydrogen-bond acceptors (Lipinski definition) is 5. The number of amides is 1. The highest BCUT2D eigenvalue weighted by Gasteiger charge is 2.23. The zero-order valence-electron chi connectivity index (χ0n) is 15.1. The molecular formula is C18H27NO5. The first kappa shape index (κ1) is 20.0. The van der Waals surface area contributed by atoms with E-state index in [4.69, 9.17) is 9.47 Å². The molecule has 1 atom stereocenters. The predicted octanol–water partition coefficient (Wildman–Crippen LogP) is 2.07. The highest BCUT2D eigenvalue weighted by molar-refractivity contribution is 6.00. The van der Waals surface area contributed by atoms with Gasteiger partial charge < -0.3 is 19.5 Å². The van der Waals surface area contributed by atoms with E-state index in [2.05, 4.69) is 0 Å². The molecule has 1 amide bonds. The van der Waals surface area contributed by atoms with Crippen molar-refractivity contribution in [1.82, 2.24) is 4.90 Å². The SMILES string of the molecule is CCC[C@H](O)CC(=O)Cc1cc(OC)cc(OC)c1C(=O)N(C)C. The molecule has 0 aliphatic rings. The van der Waals surface area contributed by atoms with Gasteiger partial charge in [-0.25, -0.2) is 0 Å². The minimum absolute atomic E-state index is 0.0449. The van der Waals surface area contributed by atoms with Crippen LogP contribution in [0.2, 0.25) is 0 Å². The molecule has 134 valence electrons. The summed E-state index contributed by atoms with van der Waals surface area (Å²) in [6.07, 6.45) is 0.859. The molecule has 0 saturated heterocycles. The number of aliphatic hydroxyl groups excluding tert-OH is 1. The van der Waals surface area contributed by atoms with Crippen LogP contribution in [-0.2, 0) is 11.2 Å². The number of carbonyl (C=O) groups is 2. The monoisotopic (exact) mass is 337 g/mol. The lowest BCUT2D eigenvalue weighted by Crippen LogP contribution is -2.25. The lowest BCUT2D eigenvalue weighted by Gasteiger charge is -2.18. The van der Waals surface area contributed by atoms with Gasteiger partial charge in [-0.3, -0.25) is 9.59 Å². The van der Waals surface area contributed by atoms with Crippen molar-refractivity contribution in [2.45, 2.75) is 38.7 Å². The van der Waals surface area contributed by atoms with E-state index in [1.165, 1.54) is 19.1 Å². The first-order valence-corrected chi connectivity index (χ1v) is 8.00. The second-order valence-electron chi connectivity index (χ2n) is 5.93. The number of methoxy groups -OCH3 is 2. The summed E-state index contributed by atoms with van der Waals surface area (Å²) in [5.41, 5.74) is 0.889. The summed E-state index contributed by atoms with van der Waals surface area (Å²) in [5.74, 6) is 0.509. The average Bonchev–Trinajstić information content (AvgIpc) is 2.53. The third-order valence-corrected chi connectivity index (χ3v) is 3.71. The predicted molar refractivity (Wildman–Crippen MR) is 91.8 cm³/mol. The van der Waals surface area contributed by atoms with Crippen molar-refractivity contribution in [3.63, 3.8) is 0 Å². The quantitative estimate of drug-likeness (QED) is 0.746. The standard InChI is InChI=1S/C18H27NO5/c1-6-7-13(20)10-14(21)8-12-9-15(23-4)11-16(24-5)17(12)18(22)19(2)3/h9,11,13,20H,6-8,10H2,1-5H3/t13-/m0/s1. The van der Waals surface area contributed by atoms with Crippen LogP contribution in [0.5, 0.6) is 11.5 Å². The van der Waals surface area contributed by atoms with Crippen molar-refractivity contribution >= 4 is 11.7 Å². The molecule has 0 aliphatic carbocycles. The molecule has 0 bridgehead atoms. The second kappa shape index (κ2) is 9.27. The van der Waals surface area contributed by atoms with E-state index in [9.17, 15) is 14.7 Å². The van der Waals surface area contributed by atoms with E-state index in [1.807, 2.05) is 6.92 Å². The van der Waals surface area contributed by atoms with Crippen LogP contribution in [0, 0.1) is 0 Å². The highest BCUT2D eigenvalue weighted by Crippen LogP contribution is 2.30. The average molecular weight is 337 g/mol. The van der Waals surface area contributed by atoms with Gasteiger partial charge in [0.25, 0.3) is 5.91 Å². The zero-order valence-corrected chi connectivity index (χ0v) is 15.1. The number of Topliss-reactive ketones (excluding diaryl/α,β-unsaturated/α-hetero) is 1. The van der Waals surface area contributed by atoms with Crippen LogP contribution in [0.15, 0.2) is 12.1 Å². The van der Waals surface area contributed by atoms with Gasteiger partial charge in [0.1, 0.15) is 17.3 Å². The van der Waals surface area contributed by atoms with Gasteiger partial charge in [-0.2, -0.15) is 0 Å². The van der Waals surface area contributed by atoms with Crippen molar-refractivity contribution in [1.29, 1.82) is 0 Å². The molecule has 0 aliphatic heterocycles. The zero-order chi connectivity index (χ0) is 18.3.